The topological polar surface area (TPSA) is 63.5 Å². The van der Waals surface area contributed by atoms with Crippen LogP contribution in [-0.2, 0) is 17.8 Å². The van der Waals surface area contributed by atoms with Gasteiger partial charge in [-0.05, 0) is 48.8 Å². The van der Waals surface area contributed by atoms with Gasteiger partial charge in [0, 0.05) is 39.2 Å². The van der Waals surface area contributed by atoms with E-state index in [2.05, 4.69) is 46.9 Å². The van der Waals surface area contributed by atoms with Crippen molar-refractivity contribution in [3.05, 3.63) is 53.9 Å². The lowest BCUT2D eigenvalue weighted by molar-refractivity contribution is 0.0732. The van der Waals surface area contributed by atoms with Crippen LogP contribution in [0.2, 0.25) is 0 Å². The van der Waals surface area contributed by atoms with Gasteiger partial charge >= 0.3 is 0 Å². The highest BCUT2D eigenvalue weighted by molar-refractivity contribution is 5.79. The lowest BCUT2D eigenvalue weighted by atomic mass is 9.67. The number of rotatable bonds is 10. The Hall–Kier alpha value is -2.34. The average Bonchev–Trinajstić information content (AvgIpc) is 3.18. The van der Waals surface area contributed by atoms with Gasteiger partial charge in [0.05, 0.1) is 13.1 Å². The Kier molecular flexibility index (Phi) is 7.48. The van der Waals surface area contributed by atoms with E-state index in [1.807, 2.05) is 23.1 Å². The molecule has 1 fully saturated rings. The second-order valence-corrected chi connectivity index (χ2v) is 7.67. The summed E-state index contributed by atoms with van der Waals surface area (Å²) in [5.74, 6) is 0.892. The highest BCUT2D eigenvalue weighted by atomic mass is 16.5. The number of aromatic nitrogens is 2. The minimum Gasteiger partial charge on any atom is -0.385 e. The molecule has 1 aromatic carbocycles. The summed E-state index contributed by atoms with van der Waals surface area (Å²) in [5.41, 5.74) is 2.82. The van der Waals surface area contributed by atoms with Crippen LogP contribution >= 0.6 is 0 Å². The van der Waals surface area contributed by atoms with E-state index < -0.39 is 0 Å². The van der Waals surface area contributed by atoms with E-state index in [0.29, 0.717) is 12.0 Å². The van der Waals surface area contributed by atoms with Crippen molar-refractivity contribution in [3.63, 3.8) is 0 Å². The monoisotopic (exact) mass is 383 g/mol. The SMILES string of the molecule is CCNC(=NCc1cccc(Cn2cccn2)c1)NCC1(CCOC)CCC1. The van der Waals surface area contributed by atoms with Crippen molar-refractivity contribution in [1.29, 1.82) is 0 Å². The van der Waals surface area contributed by atoms with Gasteiger partial charge in [-0.1, -0.05) is 30.7 Å². The molecule has 3 rings (SSSR count). The maximum Gasteiger partial charge on any atom is 0.191 e. The van der Waals surface area contributed by atoms with Gasteiger partial charge in [0.25, 0.3) is 0 Å². The second kappa shape index (κ2) is 10.3. The number of methoxy groups -OCH3 is 1. The van der Waals surface area contributed by atoms with E-state index in [1.54, 1.807) is 7.11 Å². The molecule has 0 spiro atoms. The molecular formula is C22H33N5O. The first-order chi connectivity index (χ1) is 13.7. The van der Waals surface area contributed by atoms with Gasteiger partial charge in [0.2, 0.25) is 0 Å². The number of benzene rings is 1. The fourth-order valence-corrected chi connectivity index (χ4v) is 3.70. The highest BCUT2D eigenvalue weighted by Crippen LogP contribution is 2.43. The molecule has 2 N–H and O–H groups in total. The molecule has 28 heavy (non-hydrogen) atoms. The van der Waals surface area contributed by atoms with E-state index in [-0.39, 0.29) is 0 Å². The molecular weight excluding hydrogens is 350 g/mol. The minimum atomic E-state index is 0.371. The van der Waals surface area contributed by atoms with E-state index >= 15 is 0 Å². The van der Waals surface area contributed by atoms with Crippen LogP contribution in [0.4, 0.5) is 0 Å². The first kappa shape index (κ1) is 20.4. The van der Waals surface area contributed by atoms with Crippen LogP contribution in [0.25, 0.3) is 0 Å². The third-order valence-corrected chi connectivity index (χ3v) is 5.54. The summed E-state index contributed by atoms with van der Waals surface area (Å²) in [6.07, 6.45) is 8.78. The second-order valence-electron chi connectivity index (χ2n) is 7.67. The van der Waals surface area contributed by atoms with E-state index in [1.165, 1.54) is 30.4 Å². The van der Waals surface area contributed by atoms with Gasteiger partial charge in [0.1, 0.15) is 0 Å². The van der Waals surface area contributed by atoms with Crippen molar-refractivity contribution in [3.8, 4) is 0 Å². The fraction of sp³-hybridized carbons (Fsp3) is 0.545. The summed E-state index contributed by atoms with van der Waals surface area (Å²) < 4.78 is 7.24. The van der Waals surface area contributed by atoms with Crippen molar-refractivity contribution in [2.75, 3.05) is 26.8 Å². The van der Waals surface area contributed by atoms with Gasteiger partial charge in [-0.3, -0.25) is 4.68 Å². The standard InChI is InChI=1S/C22H33N5O/c1-3-23-21(25-18-22(9-5-10-22)11-14-28-2)24-16-19-7-4-8-20(15-19)17-27-13-6-12-26-27/h4,6-8,12-13,15H,3,5,9-11,14,16-18H2,1-2H3,(H2,23,24,25). The summed E-state index contributed by atoms with van der Waals surface area (Å²) in [6, 6.07) is 10.5. The molecule has 6 nitrogen and oxygen atoms in total. The number of guanidine groups is 1. The Labute approximate surface area is 168 Å². The Morgan fingerprint density at radius 2 is 2.11 bits per heavy atom. The average molecular weight is 384 g/mol. The molecule has 0 radical (unpaired) electrons. The molecule has 0 aliphatic heterocycles. The Morgan fingerprint density at radius 3 is 2.79 bits per heavy atom. The lowest BCUT2D eigenvalue weighted by Crippen LogP contribution is -2.46. The van der Waals surface area contributed by atoms with E-state index in [4.69, 9.17) is 9.73 Å². The van der Waals surface area contributed by atoms with Gasteiger partial charge in [-0.15, -0.1) is 0 Å². The zero-order valence-corrected chi connectivity index (χ0v) is 17.2. The van der Waals surface area contributed by atoms with Crippen LogP contribution in [0, 0.1) is 5.41 Å². The Balaban J connectivity index is 1.58. The van der Waals surface area contributed by atoms with Gasteiger partial charge in [-0.2, -0.15) is 5.10 Å². The van der Waals surface area contributed by atoms with Gasteiger partial charge in [-0.25, -0.2) is 4.99 Å². The van der Waals surface area contributed by atoms with E-state index in [0.717, 1.165) is 38.6 Å². The summed E-state index contributed by atoms with van der Waals surface area (Å²) >= 11 is 0. The predicted molar refractivity (Wildman–Crippen MR) is 113 cm³/mol. The zero-order valence-electron chi connectivity index (χ0n) is 17.2. The smallest absolute Gasteiger partial charge is 0.191 e. The quantitative estimate of drug-likeness (QED) is 0.489. The summed E-state index contributed by atoms with van der Waals surface area (Å²) in [7, 11) is 1.78. The van der Waals surface area contributed by atoms with Crippen LogP contribution < -0.4 is 10.6 Å². The zero-order chi connectivity index (χ0) is 19.7. The van der Waals surface area contributed by atoms with Crippen LogP contribution in [-0.4, -0.2) is 42.5 Å². The molecule has 1 heterocycles. The molecule has 0 saturated heterocycles. The molecule has 1 aliphatic carbocycles. The van der Waals surface area contributed by atoms with Gasteiger partial charge in [0.15, 0.2) is 5.96 Å². The third kappa shape index (κ3) is 5.83. The van der Waals surface area contributed by atoms with E-state index in [9.17, 15) is 0 Å². The maximum absolute atomic E-state index is 5.30. The van der Waals surface area contributed by atoms with Crippen molar-refractivity contribution in [1.82, 2.24) is 20.4 Å². The molecule has 1 aliphatic rings. The fourth-order valence-electron chi connectivity index (χ4n) is 3.70. The van der Waals surface area contributed by atoms with Crippen LogP contribution in [0.3, 0.4) is 0 Å². The van der Waals surface area contributed by atoms with Crippen LogP contribution in [0.5, 0.6) is 0 Å². The minimum absolute atomic E-state index is 0.371. The molecule has 6 heteroatoms. The third-order valence-electron chi connectivity index (χ3n) is 5.54. The van der Waals surface area contributed by atoms with Crippen molar-refractivity contribution >= 4 is 5.96 Å². The maximum atomic E-state index is 5.30. The van der Waals surface area contributed by atoms with Crippen molar-refractivity contribution in [2.24, 2.45) is 10.4 Å². The Morgan fingerprint density at radius 1 is 1.25 bits per heavy atom. The molecule has 0 unspecified atom stereocenters. The molecule has 2 aromatic rings. The largest absolute Gasteiger partial charge is 0.385 e. The lowest BCUT2D eigenvalue weighted by Gasteiger charge is -2.42. The normalized spacial score (nSPS) is 15.9. The number of hydrogen-bond donors (Lipinski definition) is 2. The van der Waals surface area contributed by atoms with Gasteiger partial charge < -0.3 is 15.4 Å². The first-order valence-electron chi connectivity index (χ1n) is 10.3. The van der Waals surface area contributed by atoms with Crippen molar-refractivity contribution < 1.29 is 4.74 Å². The number of nitrogens with one attached hydrogen (secondary N) is 2. The van der Waals surface area contributed by atoms with Crippen LogP contribution in [0.15, 0.2) is 47.7 Å². The molecule has 0 amide bonds. The number of ether oxygens (including phenoxy) is 1. The number of aliphatic imine (C=N–C) groups is 1. The molecule has 152 valence electrons. The number of hydrogen-bond acceptors (Lipinski definition) is 3. The summed E-state index contributed by atoms with van der Waals surface area (Å²) in [5, 5.41) is 11.2. The highest BCUT2D eigenvalue weighted by Gasteiger charge is 2.36. The molecule has 0 bridgehead atoms. The molecule has 1 aromatic heterocycles. The first-order valence-corrected chi connectivity index (χ1v) is 10.3. The number of nitrogens with zero attached hydrogens (tertiary/aromatic N) is 3. The van der Waals surface area contributed by atoms with Crippen LogP contribution in [0.1, 0.15) is 43.7 Å². The predicted octanol–water partition coefficient (Wildman–Crippen LogP) is 3.19. The molecule has 0 atom stereocenters. The summed E-state index contributed by atoms with van der Waals surface area (Å²) in [6.45, 7) is 6.19. The Bertz CT molecular complexity index is 737. The molecule has 1 saturated carbocycles. The summed E-state index contributed by atoms with van der Waals surface area (Å²) in [4.78, 5) is 4.80. The van der Waals surface area contributed by atoms with Crippen molar-refractivity contribution in [2.45, 2.75) is 45.7 Å².